The minimum atomic E-state index is -3.69. The first kappa shape index (κ1) is 25.8. The number of benzene rings is 1. The zero-order valence-electron chi connectivity index (χ0n) is 19.3. The Morgan fingerprint density at radius 3 is 2.58 bits per heavy atom. The van der Waals surface area contributed by atoms with Gasteiger partial charge in [-0.3, -0.25) is 14.4 Å². The maximum atomic E-state index is 14.8. The van der Waals surface area contributed by atoms with Crippen LogP contribution >= 0.6 is 11.6 Å². The second-order valence-corrected chi connectivity index (χ2v) is 10.7. The molecule has 0 atom stereocenters. The molecule has 2 aromatic heterocycles. The minimum absolute atomic E-state index is 0.0867. The van der Waals surface area contributed by atoms with E-state index in [0.717, 1.165) is 31.5 Å². The van der Waals surface area contributed by atoms with E-state index in [2.05, 4.69) is 29.9 Å². The zero-order chi connectivity index (χ0) is 26.1. The van der Waals surface area contributed by atoms with Crippen molar-refractivity contribution in [3.8, 4) is 17.3 Å². The number of amides is 1. The van der Waals surface area contributed by atoms with Crippen molar-refractivity contribution in [3.63, 3.8) is 0 Å². The van der Waals surface area contributed by atoms with E-state index in [1.165, 1.54) is 30.7 Å². The number of anilines is 1. The molecule has 3 N–H and O–H groups in total. The van der Waals surface area contributed by atoms with E-state index in [4.69, 9.17) is 16.3 Å². The number of carbonyl (C=O) groups excluding carboxylic acids is 1. The Bertz CT molecular complexity index is 1360. The summed E-state index contributed by atoms with van der Waals surface area (Å²) in [5.74, 6) is -3.44. The highest BCUT2D eigenvalue weighted by Gasteiger charge is 2.33. The van der Waals surface area contributed by atoms with E-state index in [0.29, 0.717) is 17.3 Å². The van der Waals surface area contributed by atoms with E-state index in [1.54, 1.807) is 0 Å². The van der Waals surface area contributed by atoms with Crippen molar-refractivity contribution in [3.05, 3.63) is 59.0 Å². The number of nitrogens with zero attached hydrogens (tertiary/aromatic N) is 3. The summed E-state index contributed by atoms with van der Waals surface area (Å²) >= 11 is 5.87. The van der Waals surface area contributed by atoms with Gasteiger partial charge in [-0.25, -0.2) is 18.4 Å². The summed E-state index contributed by atoms with van der Waals surface area (Å²) in [5, 5.41) is 2.09. The highest BCUT2D eigenvalue weighted by molar-refractivity contribution is 7.92. The van der Waals surface area contributed by atoms with Crippen LogP contribution < -0.4 is 14.8 Å². The van der Waals surface area contributed by atoms with Crippen LogP contribution in [0.5, 0.6) is 5.75 Å². The third-order valence-electron chi connectivity index (χ3n) is 5.24. The fourth-order valence-corrected chi connectivity index (χ4v) is 4.33. The van der Waals surface area contributed by atoms with Gasteiger partial charge in [0.05, 0.1) is 42.1 Å². The van der Waals surface area contributed by atoms with Gasteiger partial charge in [0.15, 0.2) is 11.6 Å². The maximum absolute atomic E-state index is 14.8. The highest BCUT2D eigenvalue weighted by Crippen LogP contribution is 2.32. The largest absolute Gasteiger partial charge is 0.485 e. The standard InChI is InChI=1S/C22H23ClF2N6O4S/c1-31-10-18(11-31)35-17-8-27-20(28-9-17)19-3-13(7-26-19)21(32)29-12-22(24,25)14-4-15(23)6-16(5-14)30-36(2,33)34/h3-9,18,26,30H,10-12H2,1-2H3,(H,29,32). The molecule has 10 nitrogen and oxygen atoms in total. The SMILES string of the molecule is CN1CC(Oc2cnc(-c3cc(C(=O)NCC(F)(F)c4cc(Cl)cc(NS(C)(=O)=O)c4)c[nH]3)nc2)C1. The Morgan fingerprint density at radius 1 is 1.25 bits per heavy atom. The van der Waals surface area contributed by atoms with Crippen LogP contribution in [0.4, 0.5) is 14.5 Å². The molecule has 0 radical (unpaired) electrons. The molecular weight excluding hydrogens is 518 g/mol. The quantitative estimate of drug-likeness (QED) is 0.380. The van der Waals surface area contributed by atoms with Crippen LogP contribution in [-0.4, -0.2) is 73.2 Å². The Morgan fingerprint density at radius 2 is 1.94 bits per heavy atom. The predicted octanol–water partition coefficient (Wildman–Crippen LogP) is 2.71. The van der Waals surface area contributed by atoms with Gasteiger partial charge >= 0.3 is 0 Å². The van der Waals surface area contributed by atoms with E-state index in [9.17, 15) is 22.0 Å². The molecular formula is C22H23ClF2N6O4S. The van der Waals surface area contributed by atoms with Gasteiger partial charge in [-0.1, -0.05) is 11.6 Å². The molecule has 4 rings (SSSR count). The predicted molar refractivity (Wildman–Crippen MR) is 130 cm³/mol. The number of likely N-dealkylation sites (N-methyl/N-ethyl adjacent to an activating group) is 1. The van der Waals surface area contributed by atoms with Crippen molar-refractivity contribution < 1.29 is 26.7 Å². The molecule has 0 unspecified atom stereocenters. The molecule has 0 bridgehead atoms. The number of ether oxygens (including phenoxy) is 1. The van der Waals surface area contributed by atoms with Crippen LogP contribution in [0.15, 0.2) is 42.9 Å². The van der Waals surface area contributed by atoms with Crippen LogP contribution in [0, 0.1) is 0 Å². The average molecular weight is 541 g/mol. The number of hydrogen-bond acceptors (Lipinski definition) is 7. The van der Waals surface area contributed by atoms with Gasteiger partial charge in [-0.15, -0.1) is 0 Å². The number of alkyl halides is 2. The Labute approximate surface area is 211 Å². The van der Waals surface area contributed by atoms with Gasteiger partial charge in [0, 0.05) is 29.9 Å². The van der Waals surface area contributed by atoms with Gasteiger partial charge in [0.2, 0.25) is 10.0 Å². The summed E-state index contributed by atoms with van der Waals surface area (Å²) < 4.78 is 60.2. The molecule has 14 heteroatoms. The van der Waals surface area contributed by atoms with Crippen molar-refractivity contribution >= 4 is 33.2 Å². The number of hydrogen-bond donors (Lipinski definition) is 3. The van der Waals surface area contributed by atoms with Crippen molar-refractivity contribution in [1.82, 2.24) is 25.2 Å². The van der Waals surface area contributed by atoms with Gasteiger partial charge in [0.25, 0.3) is 11.8 Å². The van der Waals surface area contributed by atoms with Crippen LogP contribution in [0.1, 0.15) is 15.9 Å². The fourth-order valence-electron chi connectivity index (χ4n) is 3.55. The molecule has 1 saturated heterocycles. The molecule has 0 spiro atoms. The first-order valence-corrected chi connectivity index (χ1v) is 13.0. The van der Waals surface area contributed by atoms with E-state index < -0.39 is 34.0 Å². The van der Waals surface area contributed by atoms with Gasteiger partial charge in [0.1, 0.15) is 6.10 Å². The van der Waals surface area contributed by atoms with Crippen LogP contribution in [0.25, 0.3) is 11.5 Å². The highest BCUT2D eigenvalue weighted by atomic mass is 35.5. The molecule has 3 aromatic rings. The van der Waals surface area contributed by atoms with E-state index >= 15 is 0 Å². The topological polar surface area (TPSA) is 129 Å². The van der Waals surface area contributed by atoms with Gasteiger partial charge in [-0.2, -0.15) is 8.78 Å². The van der Waals surface area contributed by atoms with Crippen molar-refractivity contribution in [2.75, 3.05) is 37.7 Å². The minimum Gasteiger partial charge on any atom is -0.485 e. The summed E-state index contributed by atoms with van der Waals surface area (Å²) in [6, 6.07) is 4.61. The Balaban J connectivity index is 1.38. The molecule has 1 fully saturated rings. The normalized spacial score (nSPS) is 14.8. The number of aromatic nitrogens is 3. The number of aromatic amines is 1. The maximum Gasteiger partial charge on any atom is 0.290 e. The zero-order valence-corrected chi connectivity index (χ0v) is 20.8. The first-order chi connectivity index (χ1) is 16.9. The lowest BCUT2D eigenvalue weighted by Crippen LogP contribution is -2.51. The average Bonchev–Trinajstić information content (AvgIpc) is 3.26. The summed E-state index contributed by atoms with van der Waals surface area (Å²) in [6.07, 6.45) is 5.39. The Hall–Kier alpha value is -3.29. The lowest BCUT2D eigenvalue weighted by Gasteiger charge is -2.35. The third-order valence-corrected chi connectivity index (χ3v) is 6.07. The Kier molecular flexibility index (Phi) is 7.16. The van der Waals surface area contributed by atoms with Crippen LogP contribution in [-0.2, 0) is 15.9 Å². The molecule has 1 amide bonds. The van der Waals surface area contributed by atoms with Crippen LogP contribution in [0.3, 0.4) is 0 Å². The second kappa shape index (κ2) is 9.99. The van der Waals surface area contributed by atoms with Crippen molar-refractivity contribution in [2.24, 2.45) is 0 Å². The number of carbonyl (C=O) groups is 1. The number of nitrogens with one attached hydrogen (secondary N) is 3. The van der Waals surface area contributed by atoms with Crippen molar-refractivity contribution in [2.45, 2.75) is 12.0 Å². The molecule has 1 aliphatic rings. The fraction of sp³-hybridized carbons (Fsp3) is 0.318. The summed E-state index contributed by atoms with van der Waals surface area (Å²) in [5.41, 5.74) is -0.140. The third kappa shape index (κ3) is 6.47. The van der Waals surface area contributed by atoms with Crippen LogP contribution in [0.2, 0.25) is 5.02 Å². The monoisotopic (exact) mass is 540 g/mol. The van der Waals surface area contributed by atoms with E-state index in [-0.39, 0.29) is 22.4 Å². The number of halogens is 3. The second-order valence-electron chi connectivity index (χ2n) is 8.50. The van der Waals surface area contributed by atoms with Gasteiger partial charge in [-0.05, 0) is 31.3 Å². The summed E-state index contributed by atoms with van der Waals surface area (Å²) in [6.45, 7) is 0.613. The lowest BCUT2D eigenvalue weighted by molar-refractivity contribution is -0.00241. The van der Waals surface area contributed by atoms with Crippen molar-refractivity contribution in [1.29, 1.82) is 0 Å². The number of rotatable bonds is 9. The molecule has 192 valence electrons. The molecule has 1 aromatic carbocycles. The van der Waals surface area contributed by atoms with E-state index in [1.807, 2.05) is 7.05 Å². The lowest BCUT2D eigenvalue weighted by atomic mass is 10.1. The molecule has 3 heterocycles. The molecule has 1 aliphatic heterocycles. The number of H-pyrrole nitrogens is 1. The molecule has 0 saturated carbocycles. The number of likely N-dealkylation sites (tertiary alicyclic amines) is 1. The molecule has 0 aliphatic carbocycles. The molecule has 36 heavy (non-hydrogen) atoms. The first-order valence-electron chi connectivity index (χ1n) is 10.7. The number of sulfonamides is 1. The smallest absolute Gasteiger partial charge is 0.290 e. The summed E-state index contributed by atoms with van der Waals surface area (Å²) in [4.78, 5) is 25.9. The summed E-state index contributed by atoms with van der Waals surface area (Å²) in [7, 11) is -1.70. The van der Waals surface area contributed by atoms with Gasteiger partial charge < -0.3 is 15.0 Å².